The maximum absolute atomic E-state index is 9.57. The van der Waals surface area contributed by atoms with E-state index < -0.39 is 0 Å². The molecule has 1 atom stereocenters. The highest BCUT2D eigenvalue weighted by atomic mass is 16.3. The predicted molar refractivity (Wildman–Crippen MR) is 59.4 cm³/mol. The minimum atomic E-state index is -0.0422. The van der Waals surface area contributed by atoms with Crippen molar-refractivity contribution in [2.75, 3.05) is 33.8 Å². The molecule has 3 nitrogen and oxygen atoms in total. The molecule has 0 heterocycles. The molecular weight excluding hydrogens is 176 g/mol. The summed E-state index contributed by atoms with van der Waals surface area (Å²) in [5.41, 5.74) is -0.0422. The number of aliphatic hydroxyl groups excluding tert-OH is 1. The first-order valence-corrected chi connectivity index (χ1v) is 5.65. The van der Waals surface area contributed by atoms with E-state index in [9.17, 15) is 5.11 Å². The summed E-state index contributed by atoms with van der Waals surface area (Å²) in [4.78, 5) is 2.16. The van der Waals surface area contributed by atoms with Crippen LogP contribution < -0.4 is 5.32 Å². The van der Waals surface area contributed by atoms with Crippen LogP contribution in [0.15, 0.2) is 0 Å². The zero-order valence-electron chi connectivity index (χ0n) is 9.71. The first-order chi connectivity index (χ1) is 6.64. The van der Waals surface area contributed by atoms with Gasteiger partial charge in [0.15, 0.2) is 0 Å². The third-order valence-corrected chi connectivity index (χ3v) is 2.97. The van der Waals surface area contributed by atoms with Crippen LogP contribution in [-0.2, 0) is 0 Å². The van der Waals surface area contributed by atoms with Gasteiger partial charge in [-0.15, -0.1) is 0 Å². The number of hydrogen-bond acceptors (Lipinski definition) is 3. The van der Waals surface area contributed by atoms with Crippen LogP contribution in [0.1, 0.15) is 26.2 Å². The number of aliphatic hydroxyl groups is 1. The molecule has 0 aromatic carbocycles. The number of rotatable bonds is 7. The highest BCUT2D eigenvalue weighted by Crippen LogP contribution is 2.39. The topological polar surface area (TPSA) is 35.5 Å². The van der Waals surface area contributed by atoms with Gasteiger partial charge in [-0.3, -0.25) is 0 Å². The summed E-state index contributed by atoms with van der Waals surface area (Å²) < 4.78 is 0. The highest BCUT2D eigenvalue weighted by molar-refractivity contribution is 5.02. The summed E-state index contributed by atoms with van der Waals surface area (Å²) in [6.07, 6.45) is 3.66. The SMILES string of the molecule is CCCNC(CO)(CN(C)C)C1CC1. The van der Waals surface area contributed by atoms with Gasteiger partial charge in [-0.05, 0) is 45.8 Å². The predicted octanol–water partition coefficient (Wildman–Crippen LogP) is 0.689. The van der Waals surface area contributed by atoms with Gasteiger partial charge in [-0.2, -0.15) is 0 Å². The van der Waals surface area contributed by atoms with E-state index in [1.54, 1.807) is 0 Å². The molecule has 1 rings (SSSR count). The fraction of sp³-hybridized carbons (Fsp3) is 1.00. The highest BCUT2D eigenvalue weighted by Gasteiger charge is 2.44. The number of likely N-dealkylation sites (N-methyl/N-ethyl adjacent to an activating group) is 1. The third kappa shape index (κ3) is 2.94. The van der Waals surface area contributed by atoms with Crippen molar-refractivity contribution in [1.29, 1.82) is 0 Å². The molecule has 0 aromatic heterocycles. The zero-order valence-corrected chi connectivity index (χ0v) is 9.71. The Morgan fingerprint density at radius 1 is 1.43 bits per heavy atom. The minimum Gasteiger partial charge on any atom is -0.394 e. The van der Waals surface area contributed by atoms with Gasteiger partial charge >= 0.3 is 0 Å². The van der Waals surface area contributed by atoms with Gasteiger partial charge in [0, 0.05) is 6.54 Å². The molecule has 0 saturated heterocycles. The molecule has 0 amide bonds. The molecule has 1 unspecified atom stereocenters. The van der Waals surface area contributed by atoms with E-state index in [1.807, 2.05) is 0 Å². The summed E-state index contributed by atoms with van der Waals surface area (Å²) in [6, 6.07) is 0. The molecular formula is C11H24N2O. The second kappa shape index (κ2) is 5.10. The van der Waals surface area contributed by atoms with Crippen LogP contribution in [-0.4, -0.2) is 49.3 Å². The molecule has 2 N–H and O–H groups in total. The molecule has 1 aliphatic carbocycles. The van der Waals surface area contributed by atoms with Crippen LogP contribution in [0.3, 0.4) is 0 Å². The molecule has 0 aliphatic heterocycles. The van der Waals surface area contributed by atoms with Crippen molar-refractivity contribution in [3.05, 3.63) is 0 Å². The van der Waals surface area contributed by atoms with Gasteiger partial charge < -0.3 is 15.3 Å². The summed E-state index contributed by atoms with van der Waals surface area (Å²) in [5.74, 6) is 0.682. The quantitative estimate of drug-likeness (QED) is 0.634. The average molecular weight is 200 g/mol. The van der Waals surface area contributed by atoms with Crippen LogP contribution in [0.2, 0.25) is 0 Å². The molecule has 0 aromatic rings. The van der Waals surface area contributed by atoms with E-state index in [4.69, 9.17) is 0 Å². The van der Waals surface area contributed by atoms with Gasteiger partial charge in [0.05, 0.1) is 12.1 Å². The fourth-order valence-electron chi connectivity index (χ4n) is 2.14. The second-order valence-corrected chi connectivity index (χ2v) is 4.75. The van der Waals surface area contributed by atoms with Gasteiger partial charge in [0.2, 0.25) is 0 Å². The number of nitrogens with zero attached hydrogens (tertiary/aromatic N) is 1. The summed E-state index contributed by atoms with van der Waals surface area (Å²) in [5, 5.41) is 13.1. The molecule has 3 heteroatoms. The molecule has 1 aliphatic rings. The summed E-state index contributed by atoms with van der Waals surface area (Å²) in [7, 11) is 4.14. The Morgan fingerprint density at radius 2 is 2.07 bits per heavy atom. The molecule has 0 bridgehead atoms. The van der Waals surface area contributed by atoms with Crippen molar-refractivity contribution in [3.8, 4) is 0 Å². The van der Waals surface area contributed by atoms with E-state index in [0.717, 1.165) is 19.5 Å². The first-order valence-electron chi connectivity index (χ1n) is 5.65. The van der Waals surface area contributed by atoms with Crippen LogP contribution in [0.25, 0.3) is 0 Å². The largest absolute Gasteiger partial charge is 0.394 e. The Balaban J connectivity index is 2.54. The van der Waals surface area contributed by atoms with E-state index in [0.29, 0.717) is 5.92 Å². The lowest BCUT2D eigenvalue weighted by molar-refractivity contribution is 0.109. The van der Waals surface area contributed by atoms with Crippen molar-refractivity contribution in [3.63, 3.8) is 0 Å². The van der Waals surface area contributed by atoms with Crippen molar-refractivity contribution >= 4 is 0 Å². The van der Waals surface area contributed by atoms with Crippen molar-refractivity contribution in [2.24, 2.45) is 5.92 Å². The van der Waals surface area contributed by atoms with E-state index in [-0.39, 0.29) is 12.1 Å². The first kappa shape index (κ1) is 12.0. The molecule has 14 heavy (non-hydrogen) atoms. The summed E-state index contributed by atoms with van der Waals surface area (Å²) in [6.45, 7) is 4.37. The lowest BCUT2D eigenvalue weighted by Crippen LogP contribution is -2.57. The Morgan fingerprint density at radius 3 is 2.43 bits per heavy atom. The van der Waals surface area contributed by atoms with Crippen LogP contribution in [0, 0.1) is 5.92 Å². The molecule has 1 fully saturated rings. The van der Waals surface area contributed by atoms with Gasteiger partial charge in [0.25, 0.3) is 0 Å². The van der Waals surface area contributed by atoms with Crippen molar-refractivity contribution in [1.82, 2.24) is 10.2 Å². The Bertz CT molecular complexity index is 169. The molecule has 0 radical (unpaired) electrons. The van der Waals surface area contributed by atoms with Crippen LogP contribution >= 0.6 is 0 Å². The Labute approximate surface area is 87.5 Å². The van der Waals surface area contributed by atoms with Crippen LogP contribution in [0.4, 0.5) is 0 Å². The van der Waals surface area contributed by atoms with E-state index >= 15 is 0 Å². The van der Waals surface area contributed by atoms with Crippen molar-refractivity contribution in [2.45, 2.75) is 31.7 Å². The second-order valence-electron chi connectivity index (χ2n) is 4.75. The fourth-order valence-corrected chi connectivity index (χ4v) is 2.14. The number of nitrogens with one attached hydrogen (secondary N) is 1. The Kier molecular flexibility index (Phi) is 4.35. The normalized spacial score (nSPS) is 21.2. The Hall–Kier alpha value is -0.120. The molecule has 0 spiro atoms. The third-order valence-electron chi connectivity index (χ3n) is 2.97. The lowest BCUT2D eigenvalue weighted by Gasteiger charge is -2.36. The van der Waals surface area contributed by atoms with E-state index in [1.165, 1.54) is 12.8 Å². The van der Waals surface area contributed by atoms with Gasteiger partial charge in [0.1, 0.15) is 0 Å². The smallest absolute Gasteiger partial charge is 0.0628 e. The molecule has 84 valence electrons. The lowest BCUT2D eigenvalue weighted by atomic mass is 9.93. The minimum absolute atomic E-state index is 0.0422. The van der Waals surface area contributed by atoms with Crippen molar-refractivity contribution < 1.29 is 5.11 Å². The maximum atomic E-state index is 9.57. The number of hydrogen-bond donors (Lipinski definition) is 2. The standard InChI is InChI=1S/C11H24N2O/c1-4-7-12-11(9-14,8-13(2)3)10-5-6-10/h10,12,14H,4-9H2,1-3H3. The van der Waals surface area contributed by atoms with Crippen LogP contribution in [0.5, 0.6) is 0 Å². The van der Waals surface area contributed by atoms with Gasteiger partial charge in [-0.1, -0.05) is 6.92 Å². The summed E-state index contributed by atoms with van der Waals surface area (Å²) >= 11 is 0. The van der Waals surface area contributed by atoms with E-state index in [2.05, 4.69) is 31.2 Å². The van der Waals surface area contributed by atoms with Gasteiger partial charge in [-0.25, -0.2) is 0 Å². The maximum Gasteiger partial charge on any atom is 0.0628 e. The molecule has 1 saturated carbocycles. The zero-order chi connectivity index (χ0) is 10.6. The monoisotopic (exact) mass is 200 g/mol. The average Bonchev–Trinajstić information content (AvgIpc) is 2.95.